The van der Waals surface area contributed by atoms with Crippen LogP contribution in [0.4, 0.5) is 5.69 Å². The Morgan fingerprint density at radius 3 is 2.71 bits per heavy atom. The number of nitro benzene ring substituents is 1. The van der Waals surface area contributed by atoms with Crippen molar-refractivity contribution in [3.63, 3.8) is 0 Å². The summed E-state index contributed by atoms with van der Waals surface area (Å²) in [5.41, 5.74) is 7.33. The molecule has 1 atom stereocenters. The maximum atomic E-state index is 12.7. The maximum Gasteiger partial charge on any atom is 0.345 e. The highest BCUT2D eigenvalue weighted by molar-refractivity contribution is 6.33. The summed E-state index contributed by atoms with van der Waals surface area (Å²) >= 11 is 6.06. The molecule has 194 valence electrons. The fourth-order valence-corrected chi connectivity index (χ4v) is 4.31. The summed E-state index contributed by atoms with van der Waals surface area (Å²) in [5.74, 6) is -0.377. The number of nitrogens with two attached hydrogens (primary N) is 1. The van der Waals surface area contributed by atoms with Crippen LogP contribution < -0.4 is 19.9 Å². The van der Waals surface area contributed by atoms with Crippen LogP contribution in [0.3, 0.4) is 0 Å². The molecule has 2 N–H and O–H groups in total. The Labute approximate surface area is 224 Å². The van der Waals surface area contributed by atoms with Crippen molar-refractivity contribution in [2.75, 3.05) is 6.61 Å². The molecule has 0 aromatic heterocycles. The zero-order valence-electron chi connectivity index (χ0n) is 20.5. The Bertz CT molecular complexity index is 1460. The molecule has 3 aromatic rings. The number of hydrogen-bond donors (Lipinski definition) is 1. The van der Waals surface area contributed by atoms with Crippen molar-refractivity contribution in [3.8, 4) is 23.3 Å². The fraction of sp³-hybridized carbons (Fsp3) is 0.214. The molecule has 0 spiro atoms. The lowest BCUT2D eigenvalue weighted by Crippen LogP contribution is -2.21. The van der Waals surface area contributed by atoms with E-state index >= 15 is 0 Å². The number of esters is 1. The van der Waals surface area contributed by atoms with Gasteiger partial charge in [0.2, 0.25) is 5.88 Å². The van der Waals surface area contributed by atoms with E-state index in [1.165, 1.54) is 18.2 Å². The van der Waals surface area contributed by atoms with Gasteiger partial charge in [-0.25, -0.2) is 4.79 Å². The number of non-ortho nitro benzene ring substituents is 1. The van der Waals surface area contributed by atoms with Gasteiger partial charge in [0.15, 0.2) is 0 Å². The summed E-state index contributed by atoms with van der Waals surface area (Å²) in [6, 6.07) is 17.8. The molecule has 0 aliphatic carbocycles. The van der Waals surface area contributed by atoms with E-state index in [9.17, 15) is 20.2 Å². The van der Waals surface area contributed by atoms with E-state index in [-0.39, 0.29) is 33.5 Å². The predicted octanol–water partition coefficient (Wildman–Crippen LogP) is 6.25. The molecule has 1 aliphatic rings. The lowest BCUT2D eigenvalue weighted by Gasteiger charge is -2.27. The number of fused-ring (bicyclic) bond motifs is 1. The molecular formula is C28H24ClN3O6. The number of benzene rings is 3. The summed E-state index contributed by atoms with van der Waals surface area (Å²) in [4.78, 5) is 23.2. The minimum absolute atomic E-state index is 0.0116. The van der Waals surface area contributed by atoms with Crippen LogP contribution >= 0.6 is 11.6 Å². The molecule has 10 heteroatoms. The number of nitrogens with zero attached hydrogens (tertiary/aromatic N) is 2. The average molecular weight is 534 g/mol. The third kappa shape index (κ3) is 5.71. The SMILES string of the molecule is CCCCCOc1cccc(C2C(C#N)=C(N)Oc3cc(OC(=O)c4cc([N+](=O)[O-])ccc4Cl)ccc32)c1. The largest absolute Gasteiger partial charge is 0.494 e. The van der Waals surface area contributed by atoms with Crippen LogP contribution in [0.25, 0.3) is 0 Å². The van der Waals surface area contributed by atoms with Crippen LogP contribution in [-0.2, 0) is 0 Å². The van der Waals surface area contributed by atoms with E-state index in [1.54, 1.807) is 12.1 Å². The number of nitriles is 1. The van der Waals surface area contributed by atoms with E-state index in [4.69, 9.17) is 31.5 Å². The van der Waals surface area contributed by atoms with E-state index in [0.29, 0.717) is 23.7 Å². The fourth-order valence-electron chi connectivity index (χ4n) is 4.11. The number of unbranched alkanes of at least 4 members (excludes halogenated alkanes) is 2. The van der Waals surface area contributed by atoms with Gasteiger partial charge < -0.3 is 19.9 Å². The quantitative estimate of drug-likeness (QED) is 0.112. The highest BCUT2D eigenvalue weighted by Crippen LogP contribution is 2.44. The van der Waals surface area contributed by atoms with Crippen LogP contribution in [-0.4, -0.2) is 17.5 Å². The number of carbonyl (C=O) groups is 1. The zero-order chi connectivity index (χ0) is 27.2. The topological polar surface area (TPSA) is 138 Å². The first-order valence-electron chi connectivity index (χ1n) is 11.9. The molecule has 0 bridgehead atoms. The molecular weight excluding hydrogens is 510 g/mol. The van der Waals surface area contributed by atoms with Gasteiger partial charge in [-0.05, 0) is 36.2 Å². The first kappa shape index (κ1) is 26.5. The van der Waals surface area contributed by atoms with Gasteiger partial charge in [0, 0.05) is 23.8 Å². The first-order valence-corrected chi connectivity index (χ1v) is 12.3. The zero-order valence-corrected chi connectivity index (χ0v) is 21.2. The van der Waals surface area contributed by atoms with Gasteiger partial charge in [0.1, 0.15) is 28.9 Å². The van der Waals surface area contributed by atoms with Crippen molar-refractivity contribution in [3.05, 3.63) is 104 Å². The normalized spacial score (nSPS) is 14.2. The van der Waals surface area contributed by atoms with E-state index in [0.717, 1.165) is 30.9 Å². The number of rotatable bonds is 9. The van der Waals surface area contributed by atoms with Crippen LogP contribution in [0.2, 0.25) is 5.02 Å². The van der Waals surface area contributed by atoms with Crippen molar-refractivity contribution in [2.24, 2.45) is 5.73 Å². The van der Waals surface area contributed by atoms with E-state index in [2.05, 4.69) is 13.0 Å². The number of hydrogen-bond acceptors (Lipinski definition) is 8. The Morgan fingerprint density at radius 1 is 1.16 bits per heavy atom. The summed E-state index contributed by atoms with van der Waals surface area (Å²) in [6.07, 6.45) is 3.11. The second-order valence-corrected chi connectivity index (χ2v) is 8.97. The average Bonchev–Trinajstić information content (AvgIpc) is 2.90. The van der Waals surface area contributed by atoms with Crippen molar-refractivity contribution >= 4 is 23.3 Å². The molecule has 1 heterocycles. The van der Waals surface area contributed by atoms with Crippen LogP contribution in [0.5, 0.6) is 17.2 Å². The molecule has 0 radical (unpaired) electrons. The van der Waals surface area contributed by atoms with Crippen molar-refractivity contribution in [1.82, 2.24) is 0 Å². The minimum atomic E-state index is -0.875. The highest BCUT2D eigenvalue weighted by atomic mass is 35.5. The standard InChI is InChI=1S/C28H24ClN3O6/c1-2-3-4-12-36-19-7-5-6-17(13-19)26-21-10-9-20(15-25(21)38-27(31)23(26)16-30)37-28(33)22-14-18(32(34)35)8-11-24(22)29/h5-11,13-15,26H,2-4,12,31H2,1H3. The molecule has 1 unspecified atom stereocenters. The minimum Gasteiger partial charge on any atom is -0.494 e. The molecule has 1 aliphatic heterocycles. The number of halogens is 1. The second-order valence-electron chi connectivity index (χ2n) is 8.56. The van der Waals surface area contributed by atoms with Gasteiger partial charge >= 0.3 is 5.97 Å². The number of carbonyl (C=O) groups excluding carboxylic acids is 1. The monoisotopic (exact) mass is 533 g/mol. The molecule has 4 rings (SSSR count). The Kier molecular flexibility index (Phi) is 8.14. The van der Waals surface area contributed by atoms with Gasteiger partial charge in [-0.15, -0.1) is 0 Å². The molecule has 38 heavy (non-hydrogen) atoms. The molecule has 0 amide bonds. The predicted molar refractivity (Wildman–Crippen MR) is 140 cm³/mol. The van der Waals surface area contributed by atoms with Crippen molar-refractivity contribution < 1.29 is 23.9 Å². The third-order valence-corrected chi connectivity index (χ3v) is 6.32. The summed E-state index contributed by atoms with van der Waals surface area (Å²) in [7, 11) is 0. The van der Waals surface area contributed by atoms with Gasteiger partial charge in [0.25, 0.3) is 5.69 Å². The lowest BCUT2D eigenvalue weighted by atomic mass is 9.83. The number of ether oxygens (including phenoxy) is 3. The maximum absolute atomic E-state index is 12.7. The lowest BCUT2D eigenvalue weighted by molar-refractivity contribution is -0.384. The van der Waals surface area contributed by atoms with Gasteiger partial charge in [-0.1, -0.05) is 49.6 Å². The molecule has 0 saturated heterocycles. The van der Waals surface area contributed by atoms with Crippen LogP contribution in [0, 0.1) is 21.4 Å². The Morgan fingerprint density at radius 2 is 1.97 bits per heavy atom. The summed E-state index contributed by atoms with van der Waals surface area (Å²) in [5, 5.41) is 20.9. The van der Waals surface area contributed by atoms with Gasteiger partial charge in [0.05, 0.1) is 28.0 Å². The molecule has 9 nitrogen and oxygen atoms in total. The number of nitro groups is 1. The van der Waals surface area contributed by atoms with Crippen LogP contribution in [0.15, 0.2) is 72.1 Å². The Hall–Kier alpha value is -4.55. The molecule has 0 fully saturated rings. The molecule has 0 saturated carbocycles. The first-order chi connectivity index (χ1) is 18.3. The van der Waals surface area contributed by atoms with Gasteiger partial charge in [-0.2, -0.15) is 5.26 Å². The summed E-state index contributed by atoms with van der Waals surface area (Å²) < 4.78 is 17.0. The number of allylic oxidation sites excluding steroid dienone is 1. The Balaban J connectivity index is 1.63. The smallest absolute Gasteiger partial charge is 0.345 e. The highest BCUT2D eigenvalue weighted by Gasteiger charge is 2.31. The van der Waals surface area contributed by atoms with E-state index < -0.39 is 16.8 Å². The molecule has 3 aromatic carbocycles. The van der Waals surface area contributed by atoms with Crippen LogP contribution in [0.1, 0.15) is 53.6 Å². The summed E-state index contributed by atoms with van der Waals surface area (Å²) in [6.45, 7) is 2.71. The van der Waals surface area contributed by atoms with Crippen molar-refractivity contribution in [2.45, 2.75) is 32.1 Å². The second kappa shape index (κ2) is 11.7. The van der Waals surface area contributed by atoms with Gasteiger partial charge in [-0.3, -0.25) is 10.1 Å². The van der Waals surface area contributed by atoms with Crippen molar-refractivity contribution in [1.29, 1.82) is 5.26 Å². The third-order valence-electron chi connectivity index (χ3n) is 5.99. The van der Waals surface area contributed by atoms with E-state index in [1.807, 2.05) is 24.3 Å².